The van der Waals surface area contributed by atoms with Gasteiger partial charge < -0.3 is 10.0 Å². The van der Waals surface area contributed by atoms with Crippen LogP contribution in [0.1, 0.15) is 41.8 Å². The number of thiophene rings is 1. The number of carboxylic acids is 1. The van der Waals surface area contributed by atoms with Crippen LogP contribution < -0.4 is 0 Å². The van der Waals surface area contributed by atoms with Gasteiger partial charge in [0.25, 0.3) is 5.91 Å². The third-order valence-corrected chi connectivity index (χ3v) is 5.67. The van der Waals surface area contributed by atoms with Gasteiger partial charge in [0.1, 0.15) is 4.88 Å². The van der Waals surface area contributed by atoms with Crippen LogP contribution in [0.15, 0.2) is 11.4 Å². The summed E-state index contributed by atoms with van der Waals surface area (Å²) in [5.74, 6) is -0.519. The summed E-state index contributed by atoms with van der Waals surface area (Å²) in [5, 5.41) is 11.3. The van der Waals surface area contributed by atoms with Gasteiger partial charge in [0.05, 0.1) is 5.02 Å². The third-order valence-electron chi connectivity index (χ3n) is 4.34. The van der Waals surface area contributed by atoms with Crippen molar-refractivity contribution in [2.45, 2.75) is 44.2 Å². The second-order valence-electron chi connectivity index (χ2n) is 5.63. The van der Waals surface area contributed by atoms with E-state index in [0.29, 0.717) is 9.90 Å². The van der Waals surface area contributed by atoms with Crippen LogP contribution in [0, 0.1) is 5.92 Å². The van der Waals surface area contributed by atoms with Crippen LogP contribution in [0.5, 0.6) is 0 Å². The van der Waals surface area contributed by atoms with Crippen LogP contribution in [0.2, 0.25) is 5.02 Å². The molecule has 20 heavy (non-hydrogen) atoms. The Kier molecular flexibility index (Phi) is 3.73. The molecule has 108 valence electrons. The van der Waals surface area contributed by atoms with Gasteiger partial charge >= 0.3 is 5.97 Å². The Labute approximate surface area is 126 Å². The van der Waals surface area contributed by atoms with Crippen LogP contribution in [-0.4, -0.2) is 34.0 Å². The van der Waals surface area contributed by atoms with E-state index in [1.807, 2.05) is 10.3 Å². The fourth-order valence-electron chi connectivity index (χ4n) is 3.60. The number of rotatable bonds is 3. The molecule has 2 unspecified atom stereocenters. The monoisotopic (exact) mass is 313 g/mol. The molecule has 0 saturated carbocycles. The fraction of sp³-hybridized carbons (Fsp3) is 0.571. The first-order valence-electron chi connectivity index (χ1n) is 6.83. The van der Waals surface area contributed by atoms with Gasteiger partial charge in [-0.05, 0) is 43.0 Å². The molecule has 0 aliphatic carbocycles. The Bertz CT molecular complexity index is 530. The molecule has 1 amide bonds. The van der Waals surface area contributed by atoms with Gasteiger partial charge in [-0.25, -0.2) is 0 Å². The Balaban J connectivity index is 1.76. The zero-order chi connectivity index (χ0) is 14.3. The normalized spacial score (nSPS) is 28.6. The van der Waals surface area contributed by atoms with Crippen LogP contribution in [0.4, 0.5) is 0 Å². The number of fused-ring (bicyclic) bond motifs is 2. The lowest BCUT2D eigenvalue weighted by Gasteiger charge is -2.38. The van der Waals surface area contributed by atoms with Crippen LogP contribution in [-0.2, 0) is 4.79 Å². The number of aliphatic carboxylic acids is 1. The molecule has 1 N–H and O–H groups in total. The topological polar surface area (TPSA) is 57.6 Å². The number of amides is 1. The van der Waals surface area contributed by atoms with Crippen molar-refractivity contribution in [3.63, 3.8) is 0 Å². The highest BCUT2D eigenvalue weighted by molar-refractivity contribution is 7.12. The van der Waals surface area contributed by atoms with E-state index in [0.717, 1.165) is 25.7 Å². The van der Waals surface area contributed by atoms with Crippen LogP contribution in [0.25, 0.3) is 0 Å². The summed E-state index contributed by atoms with van der Waals surface area (Å²) in [4.78, 5) is 26.0. The maximum absolute atomic E-state index is 12.6. The molecule has 1 aromatic heterocycles. The van der Waals surface area contributed by atoms with E-state index >= 15 is 0 Å². The summed E-state index contributed by atoms with van der Waals surface area (Å²) in [6, 6.07) is 2.12. The lowest BCUT2D eigenvalue weighted by molar-refractivity contribution is -0.138. The van der Waals surface area contributed by atoms with Gasteiger partial charge in [0, 0.05) is 18.5 Å². The summed E-state index contributed by atoms with van der Waals surface area (Å²) < 4.78 is 0. The summed E-state index contributed by atoms with van der Waals surface area (Å²) in [6.45, 7) is 0. The molecule has 2 aliphatic heterocycles. The highest BCUT2D eigenvalue weighted by Crippen LogP contribution is 2.41. The van der Waals surface area contributed by atoms with Gasteiger partial charge in [0.15, 0.2) is 0 Å². The van der Waals surface area contributed by atoms with E-state index in [2.05, 4.69) is 0 Å². The minimum atomic E-state index is -0.740. The fourth-order valence-corrected chi connectivity index (χ4v) is 4.68. The molecule has 2 atom stereocenters. The Morgan fingerprint density at radius 3 is 2.50 bits per heavy atom. The first-order chi connectivity index (χ1) is 9.56. The van der Waals surface area contributed by atoms with Crippen molar-refractivity contribution >= 4 is 34.8 Å². The van der Waals surface area contributed by atoms with E-state index in [1.165, 1.54) is 11.3 Å². The van der Waals surface area contributed by atoms with Gasteiger partial charge in [0.2, 0.25) is 0 Å². The van der Waals surface area contributed by atoms with Gasteiger partial charge in [-0.15, -0.1) is 11.3 Å². The molecule has 3 rings (SSSR count). The summed E-state index contributed by atoms with van der Waals surface area (Å²) in [7, 11) is 0. The first kappa shape index (κ1) is 13.9. The molecule has 2 aliphatic rings. The average Bonchev–Trinajstić information content (AvgIpc) is 2.90. The molecule has 4 nitrogen and oxygen atoms in total. The Morgan fingerprint density at radius 2 is 2.00 bits per heavy atom. The largest absolute Gasteiger partial charge is 0.481 e. The van der Waals surface area contributed by atoms with E-state index in [1.54, 1.807) is 6.07 Å². The minimum absolute atomic E-state index is 0.0197. The molecular formula is C14H16ClNO3S. The van der Waals surface area contributed by atoms with Gasteiger partial charge in [-0.2, -0.15) is 0 Å². The first-order valence-corrected chi connectivity index (χ1v) is 8.09. The number of halogens is 1. The van der Waals surface area contributed by atoms with E-state index in [9.17, 15) is 9.59 Å². The maximum atomic E-state index is 12.6. The van der Waals surface area contributed by atoms with Crippen molar-refractivity contribution in [2.75, 3.05) is 0 Å². The van der Waals surface area contributed by atoms with Crippen molar-refractivity contribution in [2.24, 2.45) is 5.92 Å². The molecule has 0 radical (unpaired) electrons. The molecule has 1 aromatic rings. The lowest BCUT2D eigenvalue weighted by Crippen LogP contribution is -2.46. The third kappa shape index (κ3) is 2.44. The van der Waals surface area contributed by atoms with Crippen molar-refractivity contribution in [1.82, 2.24) is 4.90 Å². The summed E-state index contributed by atoms with van der Waals surface area (Å²) in [6.07, 6.45) is 3.79. The van der Waals surface area contributed by atoms with Crippen molar-refractivity contribution < 1.29 is 14.7 Å². The summed E-state index contributed by atoms with van der Waals surface area (Å²) in [5.41, 5.74) is 0. The number of nitrogens with zero attached hydrogens (tertiary/aromatic N) is 1. The molecule has 6 heteroatoms. The number of carboxylic acid groups (broad SMARTS) is 1. The molecule has 0 aromatic carbocycles. The standard InChI is InChI=1S/C14H16ClNO3S/c15-11-3-4-20-13(11)14(19)16-9-1-2-10(16)6-8(5-9)7-12(17)18/h3-4,8-10H,1-2,5-7H2,(H,17,18). The zero-order valence-corrected chi connectivity index (χ0v) is 12.5. The highest BCUT2D eigenvalue weighted by Gasteiger charge is 2.44. The Morgan fingerprint density at radius 1 is 1.35 bits per heavy atom. The molecule has 3 heterocycles. The maximum Gasteiger partial charge on any atom is 0.303 e. The van der Waals surface area contributed by atoms with Gasteiger partial charge in [-0.3, -0.25) is 9.59 Å². The molecule has 2 fully saturated rings. The Hall–Kier alpha value is -1.07. The number of hydrogen-bond acceptors (Lipinski definition) is 3. The minimum Gasteiger partial charge on any atom is -0.481 e. The zero-order valence-electron chi connectivity index (χ0n) is 10.9. The van der Waals surface area contributed by atoms with Gasteiger partial charge in [-0.1, -0.05) is 11.6 Å². The molecular weight excluding hydrogens is 298 g/mol. The number of piperidine rings is 1. The predicted octanol–water partition coefficient (Wildman–Crippen LogP) is 3.26. The smallest absolute Gasteiger partial charge is 0.303 e. The average molecular weight is 314 g/mol. The number of carbonyl (C=O) groups excluding carboxylic acids is 1. The number of carbonyl (C=O) groups is 2. The van der Waals surface area contributed by atoms with Crippen LogP contribution >= 0.6 is 22.9 Å². The second-order valence-corrected chi connectivity index (χ2v) is 6.95. The van der Waals surface area contributed by atoms with E-state index < -0.39 is 5.97 Å². The second kappa shape index (κ2) is 5.37. The van der Waals surface area contributed by atoms with E-state index in [4.69, 9.17) is 16.7 Å². The quantitative estimate of drug-likeness (QED) is 0.932. The van der Waals surface area contributed by atoms with Crippen molar-refractivity contribution in [3.05, 3.63) is 21.3 Å². The predicted molar refractivity (Wildman–Crippen MR) is 77.3 cm³/mol. The molecule has 2 saturated heterocycles. The SMILES string of the molecule is O=C(O)CC1CC2CCC(C1)N2C(=O)c1sccc1Cl. The van der Waals surface area contributed by atoms with Crippen molar-refractivity contribution in [1.29, 1.82) is 0 Å². The molecule has 0 spiro atoms. The van der Waals surface area contributed by atoms with Crippen molar-refractivity contribution in [3.8, 4) is 0 Å². The summed E-state index contributed by atoms with van der Waals surface area (Å²) >= 11 is 7.43. The van der Waals surface area contributed by atoms with Crippen LogP contribution in [0.3, 0.4) is 0 Å². The lowest BCUT2D eigenvalue weighted by atomic mass is 9.88. The van der Waals surface area contributed by atoms with E-state index in [-0.39, 0.29) is 30.3 Å². The number of hydrogen-bond donors (Lipinski definition) is 1. The highest BCUT2D eigenvalue weighted by atomic mass is 35.5. The molecule has 2 bridgehead atoms.